The monoisotopic (exact) mass is 456 g/mol. The molecule has 0 amide bonds. The average Bonchev–Trinajstić information content (AvgIpc) is 2.73. The van der Waals surface area contributed by atoms with E-state index in [9.17, 15) is 35.9 Å². The van der Waals surface area contributed by atoms with Crippen molar-refractivity contribution in [1.29, 1.82) is 0 Å². The topological polar surface area (TPSA) is 74.6 Å². The summed E-state index contributed by atoms with van der Waals surface area (Å²) < 4.78 is 74.2. The van der Waals surface area contributed by atoms with Crippen molar-refractivity contribution in [3.05, 3.63) is 95.1 Å². The van der Waals surface area contributed by atoms with Crippen LogP contribution >= 0.6 is 0 Å². The number of rotatable bonds is 3. The second-order valence-corrected chi connectivity index (χ2v) is 6.28. The van der Waals surface area contributed by atoms with E-state index in [0.717, 1.165) is 24.3 Å². The van der Waals surface area contributed by atoms with Gasteiger partial charge in [0, 0.05) is 0 Å². The number of aromatic carboxylic acids is 2. The van der Waals surface area contributed by atoms with Gasteiger partial charge in [-0.1, -0.05) is 48.5 Å². The molecule has 0 aliphatic rings. The Kier molecular flexibility index (Phi) is 7.29. The first-order valence-corrected chi connectivity index (χ1v) is 8.72. The number of halogens is 6. The minimum absolute atomic E-state index is 0.265. The van der Waals surface area contributed by atoms with E-state index in [2.05, 4.69) is 0 Å². The first-order valence-electron chi connectivity index (χ1n) is 8.72. The highest BCUT2D eigenvalue weighted by molar-refractivity contribution is 5.96. The van der Waals surface area contributed by atoms with Gasteiger partial charge in [0.1, 0.15) is 0 Å². The van der Waals surface area contributed by atoms with Gasteiger partial charge in [-0.3, -0.25) is 0 Å². The molecule has 0 aliphatic heterocycles. The molecule has 0 spiro atoms. The SMILES string of the molecule is O=C(O)c1cc(C(F)(F)F)ccc1-c1ccccc1.O=C(O)c1ccccc1C(F)(F)F. The molecule has 0 bridgehead atoms. The third kappa shape index (κ3) is 6.10. The zero-order valence-corrected chi connectivity index (χ0v) is 15.9. The zero-order chi connectivity index (χ0) is 24.1. The summed E-state index contributed by atoms with van der Waals surface area (Å²) in [6.07, 6.45) is -9.17. The number of benzene rings is 3. The standard InChI is InChI=1S/C14H9F3O2.C8H5F3O2/c15-14(16,17)10-6-7-11(12(8-10)13(18)19)9-4-2-1-3-5-9;9-8(10,11)6-4-2-1-3-5(6)7(12)13/h1-8H,(H,18,19);1-4H,(H,12,13). The lowest BCUT2D eigenvalue weighted by Crippen LogP contribution is -2.12. The Bertz CT molecular complexity index is 1110. The van der Waals surface area contributed by atoms with Crippen LogP contribution < -0.4 is 0 Å². The van der Waals surface area contributed by atoms with Crippen molar-refractivity contribution in [2.75, 3.05) is 0 Å². The smallest absolute Gasteiger partial charge is 0.417 e. The normalized spacial score (nSPS) is 11.3. The van der Waals surface area contributed by atoms with E-state index in [4.69, 9.17) is 10.2 Å². The number of carboxylic acids is 2. The number of hydrogen-bond donors (Lipinski definition) is 2. The Labute approximate surface area is 177 Å². The molecule has 32 heavy (non-hydrogen) atoms. The molecule has 4 nitrogen and oxygen atoms in total. The largest absolute Gasteiger partial charge is 0.478 e. The van der Waals surface area contributed by atoms with E-state index in [1.165, 1.54) is 12.1 Å². The first-order chi connectivity index (χ1) is 14.8. The summed E-state index contributed by atoms with van der Waals surface area (Å²) >= 11 is 0. The number of carboxylic acid groups (broad SMARTS) is 2. The molecule has 0 aliphatic carbocycles. The van der Waals surface area contributed by atoms with E-state index >= 15 is 0 Å². The van der Waals surface area contributed by atoms with Gasteiger partial charge >= 0.3 is 24.3 Å². The van der Waals surface area contributed by atoms with Gasteiger partial charge in [-0.15, -0.1) is 0 Å². The van der Waals surface area contributed by atoms with E-state index in [0.29, 0.717) is 11.6 Å². The zero-order valence-electron chi connectivity index (χ0n) is 15.9. The van der Waals surface area contributed by atoms with Crippen LogP contribution in [0.3, 0.4) is 0 Å². The van der Waals surface area contributed by atoms with E-state index in [1.54, 1.807) is 30.3 Å². The first kappa shape index (κ1) is 24.4. The summed E-state index contributed by atoms with van der Waals surface area (Å²) in [5.74, 6) is -2.96. The number of alkyl halides is 6. The summed E-state index contributed by atoms with van der Waals surface area (Å²) in [4.78, 5) is 21.5. The van der Waals surface area contributed by atoms with Crippen molar-refractivity contribution in [3.8, 4) is 11.1 Å². The molecule has 2 N–H and O–H groups in total. The summed E-state index contributed by atoms with van der Waals surface area (Å²) in [6.45, 7) is 0. The fourth-order valence-corrected chi connectivity index (χ4v) is 2.68. The maximum atomic E-state index is 12.6. The average molecular weight is 456 g/mol. The van der Waals surface area contributed by atoms with Crippen molar-refractivity contribution >= 4 is 11.9 Å². The molecule has 3 aromatic carbocycles. The van der Waals surface area contributed by atoms with Gasteiger partial charge < -0.3 is 10.2 Å². The quantitative estimate of drug-likeness (QED) is 0.443. The summed E-state index contributed by atoms with van der Waals surface area (Å²) in [6, 6.07) is 15.2. The van der Waals surface area contributed by atoms with E-state index < -0.39 is 41.0 Å². The Morgan fingerprint density at radius 3 is 1.62 bits per heavy atom. The van der Waals surface area contributed by atoms with Gasteiger partial charge in [0.15, 0.2) is 0 Å². The Hall–Kier alpha value is -3.82. The van der Waals surface area contributed by atoms with Crippen molar-refractivity contribution < 1.29 is 46.1 Å². The van der Waals surface area contributed by atoms with E-state index in [-0.39, 0.29) is 11.1 Å². The highest BCUT2D eigenvalue weighted by Crippen LogP contribution is 2.33. The molecule has 0 unspecified atom stereocenters. The van der Waals surface area contributed by atoms with Crippen molar-refractivity contribution in [2.45, 2.75) is 12.4 Å². The predicted octanol–water partition coefficient (Wildman–Crippen LogP) is 6.47. The van der Waals surface area contributed by atoms with Crippen LogP contribution in [0.25, 0.3) is 11.1 Å². The van der Waals surface area contributed by atoms with Gasteiger partial charge in [0.25, 0.3) is 0 Å². The van der Waals surface area contributed by atoms with Crippen molar-refractivity contribution in [1.82, 2.24) is 0 Å². The molecule has 0 aromatic heterocycles. The molecule has 3 rings (SSSR count). The van der Waals surface area contributed by atoms with Gasteiger partial charge in [0.05, 0.1) is 22.3 Å². The molecule has 0 saturated carbocycles. The van der Waals surface area contributed by atoms with Gasteiger partial charge in [-0.25, -0.2) is 9.59 Å². The Morgan fingerprint density at radius 2 is 1.16 bits per heavy atom. The predicted molar refractivity (Wildman–Crippen MR) is 102 cm³/mol. The molecule has 0 fully saturated rings. The number of carbonyl (C=O) groups is 2. The lowest BCUT2D eigenvalue weighted by molar-refractivity contribution is -0.138. The maximum absolute atomic E-state index is 12.6. The van der Waals surface area contributed by atoms with Crippen LogP contribution in [0.4, 0.5) is 26.3 Å². The maximum Gasteiger partial charge on any atom is 0.417 e. The van der Waals surface area contributed by atoms with Crippen LogP contribution in [0.15, 0.2) is 72.8 Å². The molecule has 0 radical (unpaired) electrons. The van der Waals surface area contributed by atoms with Crippen LogP contribution in [0.5, 0.6) is 0 Å². The molecule has 168 valence electrons. The van der Waals surface area contributed by atoms with Crippen LogP contribution in [0.1, 0.15) is 31.8 Å². The van der Waals surface area contributed by atoms with Gasteiger partial charge in [-0.05, 0) is 35.4 Å². The van der Waals surface area contributed by atoms with Crippen LogP contribution in [0.2, 0.25) is 0 Å². The summed E-state index contributed by atoms with van der Waals surface area (Å²) in [7, 11) is 0. The van der Waals surface area contributed by atoms with E-state index in [1.807, 2.05) is 0 Å². The minimum Gasteiger partial charge on any atom is -0.478 e. The molecular weight excluding hydrogens is 442 g/mol. The molecule has 0 saturated heterocycles. The molecular formula is C22H14F6O4. The lowest BCUT2D eigenvalue weighted by Gasteiger charge is -2.11. The molecule has 10 heteroatoms. The Morgan fingerprint density at radius 1 is 0.625 bits per heavy atom. The molecule has 0 heterocycles. The molecule has 3 aromatic rings. The fourth-order valence-electron chi connectivity index (χ4n) is 2.68. The van der Waals surface area contributed by atoms with Crippen molar-refractivity contribution in [2.24, 2.45) is 0 Å². The van der Waals surface area contributed by atoms with Gasteiger partial charge in [0.2, 0.25) is 0 Å². The highest BCUT2D eigenvalue weighted by Gasteiger charge is 2.34. The van der Waals surface area contributed by atoms with Gasteiger partial charge in [-0.2, -0.15) is 26.3 Å². The fraction of sp³-hybridized carbons (Fsp3) is 0.0909. The summed E-state index contributed by atoms with van der Waals surface area (Å²) in [5.41, 5.74) is -2.35. The van der Waals surface area contributed by atoms with Crippen LogP contribution in [-0.4, -0.2) is 22.2 Å². The molecule has 0 atom stereocenters. The second-order valence-electron chi connectivity index (χ2n) is 6.28. The summed E-state index contributed by atoms with van der Waals surface area (Å²) in [5, 5.41) is 17.5. The van der Waals surface area contributed by atoms with Crippen LogP contribution in [-0.2, 0) is 12.4 Å². The van der Waals surface area contributed by atoms with Crippen LogP contribution in [0, 0.1) is 0 Å². The van der Waals surface area contributed by atoms with Crippen molar-refractivity contribution in [3.63, 3.8) is 0 Å². The third-order valence-corrected chi connectivity index (χ3v) is 4.12. The lowest BCUT2D eigenvalue weighted by atomic mass is 9.97. The Balaban J connectivity index is 0.000000244. The third-order valence-electron chi connectivity index (χ3n) is 4.12. The highest BCUT2D eigenvalue weighted by atomic mass is 19.4. The minimum atomic E-state index is -4.62. The second kappa shape index (κ2) is 9.54. The number of hydrogen-bond acceptors (Lipinski definition) is 2.